The second-order valence-corrected chi connectivity index (χ2v) is 24.3. The largest absolute Gasteiger partial charge is 0.143 e. The fourth-order valence-electron chi connectivity index (χ4n) is 8.02. The van der Waals surface area contributed by atoms with Crippen molar-refractivity contribution in [3.05, 3.63) is 107 Å². The molecule has 0 aromatic carbocycles. The van der Waals surface area contributed by atoms with Crippen molar-refractivity contribution in [3.63, 3.8) is 0 Å². The van der Waals surface area contributed by atoms with E-state index in [0.29, 0.717) is 0 Å². The van der Waals surface area contributed by atoms with Gasteiger partial charge in [0, 0.05) is 68.3 Å². The predicted molar refractivity (Wildman–Crippen MR) is 280 cm³/mol. The monoisotopic (exact) mass is 938 g/mol. The Hall–Kier alpha value is -2.40. The summed E-state index contributed by atoms with van der Waals surface area (Å²) in [6, 6.07) is 32.8. The summed E-state index contributed by atoms with van der Waals surface area (Å²) in [7, 11) is 0. The van der Waals surface area contributed by atoms with E-state index in [9.17, 15) is 0 Å². The molecule has 0 fully saturated rings. The summed E-state index contributed by atoms with van der Waals surface area (Å²) in [6.45, 7) is 4.61. The van der Waals surface area contributed by atoms with E-state index in [1.54, 1.807) is 11.1 Å². The van der Waals surface area contributed by atoms with Crippen LogP contribution >= 0.6 is 90.7 Å². The van der Waals surface area contributed by atoms with E-state index in [2.05, 4.69) is 110 Å². The molecule has 8 heterocycles. The zero-order valence-electron chi connectivity index (χ0n) is 35.2. The normalized spacial score (nSPS) is 11.7. The Kier molecular flexibility index (Phi) is 16.8. The van der Waals surface area contributed by atoms with Crippen molar-refractivity contribution in [1.29, 1.82) is 0 Å². The van der Waals surface area contributed by atoms with Crippen LogP contribution in [0.3, 0.4) is 0 Å². The predicted octanol–water partition coefficient (Wildman–Crippen LogP) is 21.2. The van der Waals surface area contributed by atoms with Crippen LogP contribution in [-0.2, 0) is 12.8 Å². The van der Waals surface area contributed by atoms with Gasteiger partial charge in [0.05, 0.1) is 0 Å². The van der Waals surface area contributed by atoms with E-state index in [1.807, 2.05) is 90.7 Å². The Morgan fingerprint density at radius 2 is 0.617 bits per heavy atom. The molecule has 0 saturated carbocycles. The molecule has 0 spiro atoms. The molecule has 0 unspecified atom stereocenters. The topological polar surface area (TPSA) is 0 Å². The highest BCUT2D eigenvalue weighted by atomic mass is 32.1. The van der Waals surface area contributed by atoms with Crippen molar-refractivity contribution in [2.24, 2.45) is 0 Å². The summed E-state index contributed by atoms with van der Waals surface area (Å²) < 4.78 is 0. The van der Waals surface area contributed by atoms with Crippen molar-refractivity contribution < 1.29 is 0 Å². The first-order chi connectivity index (χ1) is 29.7. The van der Waals surface area contributed by atoms with Crippen LogP contribution in [0.2, 0.25) is 0 Å². The molecule has 0 aliphatic rings. The van der Waals surface area contributed by atoms with Crippen LogP contribution < -0.4 is 0 Å². The molecule has 0 amide bonds. The Morgan fingerprint density at radius 3 is 0.950 bits per heavy atom. The van der Waals surface area contributed by atoms with Gasteiger partial charge in [-0.25, -0.2) is 0 Å². The van der Waals surface area contributed by atoms with Gasteiger partial charge in [-0.1, -0.05) is 116 Å². The molecule has 0 bridgehead atoms. The number of aryl methyl sites for hydroxylation is 2. The average molecular weight is 940 g/mol. The zero-order valence-corrected chi connectivity index (χ0v) is 41.8. The third-order valence-corrected chi connectivity index (χ3v) is 21.1. The maximum absolute atomic E-state index is 2.50. The lowest BCUT2D eigenvalue weighted by Gasteiger charge is -2.03. The van der Waals surface area contributed by atoms with Crippen molar-refractivity contribution in [2.45, 2.75) is 129 Å². The Balaban J connectivity index is 0.930. The van der Waals surface area contributed by atoms with E-state index in [4.69, 9.17) is 0 Å². The summed E-state index contributed by atoms with van der Waals surface area (Å²) >= 11 is 15.5. The summed E-state index contributed by atoms with van der Waals surface area (Å²) in [5.41, 5.74) is 3.08. The minimum atomic E-state index is 1.18. The average Bonchev–Trinajstić information content (AvgIpc) is 4.12. The summed E-state index contributed by atoms with van der Waals surface area (Å²) in [5.74, 6) is 0. The number of hydrogen-bond donors (Lipinski definition) is 0. The molecule has 8 aromatic heterocycles. The quantitative estimate of drug-likeness (QED) is 0.0501. The zero-order chi connectivity index (χ0) is 40.9. The minimum Gasteiger partial charge on any atom is -0.143 e. The van der Waals surface area contributed by atoms with Gasteiger partial charge in [0.15, 0.2) is 0 Å². The molecule has 0 atom stereocenters. The van der Waals surface area contributed by atoms with Gasteiger partial charge in [-0.3, -0.25) is 0 Å². The first-order valence-corrected chi connectivity index (χ1v) is 29.1. The van der Waals surface area contributed by atoms with Gasteiger partial charge in [0.1, 0.15) is 0 Å². The molecule has 314 valence electrons. The van der Waals surface area contributed by atoms with Crippen molar-refractivity contribution in [2.75, 3.05) is 0 Å². The number of rotatable bonds is 25. The van der Waals surface area contributed by atoms with Gasteiger partial charge >= 0.3 is 0 Å². The van der Waals surface area contributed by atoms with E-state index >= 15 is 0 Å². The van der Waals surface area contributed by atoms with Gasteiger partial charge in [0.25, 0.3) is 0 Å². The number of unbranched alkanes of at least 4 members (excludes halogenated alkanes) is 14. The smallest absolute Gasteiger partial charge is 0.0481 e. The summed E-state index contributed by atoms with van der Waals surface area (Å²) in [4.78, 5) is 19.7. The standard InChI is InChI=1S/C52H58S8/c1-3-5-7-9-11-13-15-17-21-37-35-49(39-23-19-33-53-39)59-51(37)47-31-29-45(57-47)43-27-25-41(55-43)42-26-28-44(56-42)46-30-32-48(58-46)52-38(22-18-16-14-12-10-8-6-4-2)36-50(60-52)40-24-20-34-54-40/h19-20,23-36H,3-18,21-22H2,1-2H3. The van der Waals surface area contributed by atoms with Crippen molar-refractivity contribution in [1.82, 2.24) is 0 Å². The third kappa shape index (κ3) is 11.6. The lowest BCUT2D eigenvalue weighted by molar-refractivity contribution is 0.576. The van der Waals surface area contributed by atoms with E-state index in [1.165, 1.54) is 184 Å². The highest BCUT2D eigenvalue weighted by molar-refractivity contribution is 7.31. The second-order valence-electron chi connectivity index (χ2n) is 16.0. The lowest BCUT2D eigenvalue weighted by atomic mass is 10.0. The molecule has 60 heavy (non-hydrogen) atoms. The molecule has 0 N–H and O–H groups in total. The van der Waals surface area contributed by atoms with Crippen molar-refractivity contribution >= 4 is 90.7 Å². The molecule has 0 aliphatic heterocycles. The molecule has 8 rings (SSSR count). The maximum atomic E-state index is 2.50. The van der Waals surface area contributed by atoms with Crippen LogP contribution in [0.25, 0.3) is 68.3 Å². The maximum Gasteiger partial charge on any atom is 0.0481 e. The van der Waals surface area contributed by atoms with Crippen LogP contribution in [0.15, 0.2) is 95.7 Å². The van der Waals surface area contributed by atoms with Gasteiger partial charge in [-0.2, -0.15) is 0 Å². The van der Waals surface area contributed by atoms with Gasteiger partial charge in [0.2, 0.25) is 0 Å². The van der Waals surface area contributed by atoms with E-state index in [0.717, 1.165) is 0 Å². The molecule has 0 radical (unpaired) electrons. The van der Waals surface area contributed by atoms with E-state index in [-0.39, 0.29) is 0 Å². The second kappa shape index (κ2) is 22.8. The number of thiophene rings is 8. The Morgan fingerprint density at radius 1 is 0.300 bits per heavy atom. The third-order valence-electron chi connectivity index (χ3n) is 11.3. The van der Waals surface area contributed by atoms with Crippen LogP contribution in [0, 0.1) is 0 Å². The molecular formula is C52H58S8. The molecule has 0 nitrogen and oxygen atoms in total. The fourth-order valence-corrected chi connectivity index (χ4v) is 16.7. The minimum absolute atomic E-state index is 1.18. The highest BCUT2D eigenvalue weighted by Crippen LogP contribution is 2.49. The fraction of sp³-hybridized carbons (Fsp3) is 0.385. The first-order valence-electron chi connectivity index (χ1n) is 22.4. The molecule has 0 saturated heterocycles. The van der Waals surface area contributed by atoms with Gasteiger partial charge in [-0.05, 0) is 120 Å². The molecule has 8 heteroatoms. The number of hydrogen-bond acceptors (Lipinski definition) is 8. The van der Waals surface area contributed by atoms with Gasteiger partial charge in [-0.15, -0.1) is 90.7 Å². The summed E-state index contributed by atoms with van der Waals surface area (Å²) in [5, 5.41) is 4.42. The van der Waals surface area contributed by atoms with Crippen LogP contribution in [0.1, 0.15) is 128 Å². The summed E-state index contributed by atoms with van der Waals surface area (Å²) in [6.07, 6.45) is 24.2. The van der Waals surface area contributed by atoms with Crippen LogP contribution in [0.4, 0.5) is 0 Å². The van der Waals surface area contributed by atoms with Crippen LogP contribution in [0.5, 0.6) is 0 Å². The lowest BCUT2D eigenvalue weighted by Crippen LogP contribution is -1.86. The Labute approximate surface area is 391 Å². The highest BCUT2D eigenvalue weighted by Gasteiger charge is 2.19. The SMILES string of the molecule is CCCCCCCCCCc1cc(-c2cccs2)sc1-c1ccc(-c2ccc(-c3ccc(-c4ccc(-c5sc(-c6cccs6)cc5CCCCCCCCCC)s4)s3)s2)s1. The molecule has 0 aliphatic carbocycles. The molecule has 8 aromatic rings. The molecular weight excluding hydrogens is 881 g/mol. The first kappa shape index (κ1) is 44.2. The van der Waals surface area contributed by atoms with Crippen LogP contribution in [-0.4, -0.2) is 0 Å². The Bertz CT molecular complexity index is 2260. The van der Waals surface area contributed by atoms with E-state index < -0.39 is 0 Å². The van der Waals surface area contributed by atoms with Gasteiger partial charge < -0.3 is 0 Å². The van der Waals surface area contributed by atoms with Crippen molar-refractivity contribution in [3.8, 4) is 68.3 Å².